The molecule has 0 radical (unpaired) electrons. The highest BCUT2D eigenvalue weighted by Crippen LogP contribution is 2.27. The van der Waals surface area contributed by atoms with Crippen molar-refractivity contribution in [1.82, 2.24) is 10.2 Å². The molecule has 2 heterocycles. The average molecular weight is 281 g/mol. The van der Waals surface area contributed by atoms with Crippen LogP contribution in [-0.4, -0.2) is 10.2 Å². The molecule has 1 unspecified atom stereocenters. The molecule has 0 aliphatic heterocycles. The van der Waals surface area contributed by atoms with Crippen molar-refractivity contribution in [2.45, 2.75) is 26.8 Å². The molecule has 1 aromatic carbocycles. The maximum absolute atomic E-state index is 5.60. The second-order valence-electron chi connectivity index (χ2n) is 5.29. The third kappa shape index (κ3) is 2.84. The molecule has 3 rings (SSSR count). The molecule has 3 aromatic rings. The minimum atomic E-state index is 0.194. The molecule has 0 saturated carbocycles. The Kier molecular flexibility index (Phi) is 3.52. The van der Waals surface area contributed by atoms with E-state index >= 15 is 0 Å². The van der Waals surface area contributed by atoms with E-state index in [0.29, 0.717) is 0 Å². The van der Waals surface area contributed by atoms with Gasteiger partial charge in [-0.3, -0.25) is 5.10 Å². The standard InChI is InChI=1S/C17H19N3O/c1-11-9-16(13(3)21-11)12(2)19-15-6-4-5-14(10-15)17-7-8-18-20-17/h4-10,12,19H,1-3H3,(H,18,20). The maximum atomic E-state index is 5.60. The van der Waals surface area contributed by atoms with Crippen LogP contribution in [0.15, 0.2) is 47.0 Å². The summed E-state index contributed by atoms with van der Waals surface area (Å²) in [5.41, 5.74) is 4.40. The summed E-state index contributed by atoms with van der Waals surface area (Å²) in [6, 6.07) is 12.5. The zero-order valence-electron chi connectivity index (χ0n) is 12.5. The lowest BCUT2D eigenvalue weighted by molar-refractivity contribution is 0.500. The van der Waals surface area contributed by atoms with Gasteiger partial charge in [0, 0.05) is 23.0 Å². The van der Waals surface area contributed by atoms with E-state index < -0.39 is 0 Å². The molecule has 0 aliphatic rings. The predicted molar refractivity (Wildman–Crippen MR) is 84.2 cm³/mol. The van der Waals surface area contributed by atoms with Gasteiger partial charge in [-0.1, -0.05) is 12.1 Å². The average Bonchev–Trinajstić information content (AvgIpc) is 3.08. The number of benzene rings is 1. The van der Waals surface area contributed by atoms with Gasteiger partial charge in [0.15, 0.2) is 0 Å². The zero-order valence-corrected chi connectivity index (χ0v) is 12.5. The van der Waals surface area contributed by atoms with Crippen LogP contribution >= 0.6 is 0 Å². The van der Waals surface area contributed by atoms with Crippen molar-refractivity contribution in [2.24, 2.45) is 0 Å². The third-order valence-electron chi connectivity index (χ3n) is 3.60. The van der Waals surface area contributed by atoms with Crippen LogP contribution in [0.4, 0.5) is 5.69 Å². The summed E-state index contributed by atoms with van der Waals surface area (Å²) in [5, 5.41) is 10.5. The molecule has 0 aliphatic carbocycles. The quantitative estimate of drug-likeness (QED) is 0.742. The third-order valence-corrected chi connectivity index (χ3v) is 3.60. The van der Waals surface area contributed by atoms with Crippen LogP contribution in [0.3, 0.4) is 0 Å². The second kappa shape index (κ2) is 5.48. The Morgan fingerprint density at radius 3 is 2.71 bits per heavy atom. The first-order valence-electron chi connectivity index (χ1n) is 7.07. The lowest BCUT2D eigenvalue weighted by Gasteiger charge is -2.15. The fourth-order valence-corrected chi connectivity index (χ4v) is 2.60. The van der Waals surface area contributed by atoms with Crippen LogP contribution in [0, 0.1) is 13.8 Å². The summed E-state index contributed by atoms with van der Waals surface area (Å²) >= 11 is 0. The van der Waals surface area contributed by atoms with Crippen molar-refractivity contribution in [3.8, 4) is 11.3 Å². The maximum Gasteiger partial charge on any atom is 0.106 e. The number of hydrogen-bond acceptors (Lipinski definition) is 3. The van der Waals surface area contributed by atoms with E-state index in [1.54, 1.807) is 6.20 Å². The molecule has 1 atom stereocenters. The van der Waals surface area contributed by atoms with Gasteiger partial charge in [0.2, 0.25) is 0 Å². The van der Waals surface area contributed by atoms with Crippen molar-refractivity contribution >= 4 is 5.69 Å². The smallest absolute Gasteiger partial charge is 0.106 e. The van der Waals surface area contributed by atoms with Gasteiger partial charge < -0.3 is 9.73 Å². The fraction of sp³-hybridized carbons (Fsp3) is 0.235. The number of aryl methyl sites for hydroxylation is 2. The summed E-state index contributed by atoms with van der Waals surface area (Å²) in [7, 11) is 0. The zero-order chi connectivity index (χ0) is 14.8. The molecule has 0 spiro atoms. The Morgan fingerprint density at radius 1 is 1.19 bits per heavy atom. The first-order valence-corrected chi connectivity index (χ1v) is 7.07. The number of rotatable bonds is 4. The fourth-order valence-electron chi connectivity index (χ4n) is 2.60. The van der Waals surface area contributed by atoms with E-state index in [1.165, 1.54) is 5.56 Å². The van der Waals surface area contributed by atoms with Gasteiger partial charge in [-0.05, 0) is 45.0 Å². The van der Waals surface area contributed by atoms with Crippen molar-refractivity contribution in [3.63, 3.8) is 0 Å². The molecule has 2 aromatic heterocycles. The van der Waals surface area contributed by atoms with E-state index in [-0.39, 0.29) is 6.04 Å². The molecule has 2 N–H and O–H groups in total. The molecule has 0 bridgehead atoms. The normalized spacial score (nSPS) is 12.3. The molecule has 0 saturated heterocycles. The molecule has 0 fully saturated rings. The molecule has 4 nitrogen and oxygen atoms in total. The molecular formula is C17H19N3O. The first kappa shape index (κ1) is 13.5. The van der Waals surface area contributed by atoms with Crippen molar-refractivity contribution in [1.29, 1.82) is 0 Å². The van der Waals surface area contributed by atoms with Crippen molar-refractivity contribution in [3.05, 3.63) is 59.7 Å². The lowest BCUT2D eigenvalue weighted by Crippen LogP contribution is -2.06. The topological polar surface area (TPSA) is 53.9 Å². The van der Waals surface area contributed by atoms with E-state index in [4.69, 9.17) is 4.42 Å². The summed E-state index contributed by atoms with van der Waals surface area (Å²) in [5.74, 6) is 1.92. The molecular weight excluding hydrogens is 262 g/mol. The second-order valence-corrected chi connectivity index (χ2v) is 5.29. The monoisotopic (exact) mass is 281 g/mol. The van der Waals surface area contributed by atoms with Crippen LogP contribution < -0.4 is 5.32 Å². The van der Waals surface area contributed by atoms with Gasteiger partial charge >= 0.3 is 0 Å². The van der Waals surface area contributed by atoms with Gasteiger partial charge in [-0.2, -0.15) is 5.10 Å². The highest BCUT2D eigenvalue weighted by molar-refractivity contribution is 5.65. The Bertz CT molecular complexity index is 728. The number of furan rings is 1. The minimum absolute atomic E-state index is 0.194. The molecule has 21 heavy (non-hydrogen) atoms. The molecule has 108 valence electrons. The van der Waals surface area contributed by atoms with Gasteiger partial charge in [-0.25, -0.2) is 0 Å². The van der Waals surface area contributed by atoms with Crippen LogP contribution in [-0.2, 0) is 0 Å². The van der Waals surface area contributed by atoms with E-state index in [9.17, 15) is 0 Å². The van der Waals surface area contributed by atoms with Gasteiger partial charge in [-0.15, -0.1) is 0 Å². The Labute approximate surface area is 124 Å². The molecule has 4 heteroatoms. The van der Waals surface area contributed by atoms with E-state index in [1.807, 2.05) is 26.0 Å². The first-order chi connectivity index (χ1) is 10.1. The van der Waals surface area contributed by atoms with Crippen LogP contribution in [0.5, 0.6) is 0 Å². The minimum Gasteiger partial charge on any atom is -0.466 e. The van der Waals surface area contributed by atoms with Gasteiger partial charge in [0.25, 0.3) is 0 Å². The van der Waals surface area contributed by atoms with Gasteiger partial charge in [0.1, 0.15) is 11.5 Å². The van der Waals surface area contributed by atoms with Gasteiger partial charge in [0.05, 0.1) is 11.7 Å². The number of aromatic nitrogens is 2. The number of nitrogens with one attached hydrogen (secondary N) is 2. The van der Waals surface area contributed by atoms with Crippen LogP contribution in [0.1, 0.15) is 30.0 Å². The highest BCUT2D eigenvalue weighted by atomic mass is 16.3. The van der Waals surface area contributed by atoms with Crippen LogP contribution in [0.25, 0.3) is 11.3 Å². The van der Waals surface area contributed by atoms with Crippen molar-refractivity contribution in [2.75, 3.05) is 5.32 Å². The molecule has 0 amide bonds. The number of anilines is 1. The Hall–Kier alpha value is -2.49. The SMILES string of the molecule is Cc1cc(C(C)Nc2cccc(-c3ccn[nH]3)c2)c(C)o1. The Morgan fingerprint density at radius 2 is 2.05 bits per heavy atom. The Balaban J connectivity index is 1.82. The summed E-state index contributed by atoms with van der Waals surface area (Å²) < 4.78 is 5.60. The summed E-state index contributed by atoms with van der Waals surface area (Å²) in [6.45, 7) is 6.11. The number of hydrogen-bond donors (Lipinski definition) is 2. The van der Waals surface area contributed by atoms with Crippen molar-refractivity contribution < 1.29 is 4.42 Å². The number of aromatic amines is 1. The van der Waals surface area contributed by atoms with E-state index in [0.717, 1.165) is 28.5 Å². The summed E-state index contributed by atoms with van der Waals surface area (Å²) in [4.78, 5) is 0. The lowest BCUT2D eigenvalue weighted by atomic mass is 10.1. The predicted octanol–water partition coefficient (Wildman–Crippen LogP) is 4.46. The van der Waals surface area contributed by atoms with E-state index in [2.05, 4.69) is 46.7 Å². The number of nitrogens with zero attached hydrogens (tertiary/aromatic N) is 1. The summed E-state index contributed by atoms with van der Waals surface area (Å²) in [6.07, 6.45) is 1.76. The number of H-pyrrole nitrogens is 1. The highest BCUT2D eigenvalue weighted by Gasteiger charge is 2.12. The largest absolute Gasteiger partial charge is 0.466 e. The van der Waals surface area contributed by atoms with Crippen LogP contribution in [0.2, 0.25) is 0 Å².